The molecule has 3 aromatic rings. The molecule has 2 aliphatic heterocycles. The predicted molar refractivity (Wildman–Crippen MR) is 122 cm³/mol. The summed E-state index contributed by atoms with van der Waals surface area (Å²) in [4.78, 5) is 6.30. The van der Waals surface area contributed by atoms with E-state index in [4.69, 9.17) is 4.42 Å². The Balaban J connectivity index is 1.25. The van der Waals surface area contributed by atoms with Crippen LogP contribution in [0.15, 0.2) is 34.2 Å². The molecule has 1 unspecified atom stereocenters. The number of thioether (sulfide) groups is 1. The van der Waals surface area contributed by atoms with Gasteiger partial charge in [0, 0.05) is 31.0 Å². The van der Waals surface area contributed by atoms with Crippen LogP contribution in [0.4, 0.5) is 17.6 Å². The number of halogens is 4. The number of hydrogen-bond acceptors (Lipinski definition) is 7. The van der Waals surface area contributed by atoms with Gasteiger partial charge in [0.1, 0.15) is 5.82 Å². The Kier molecular flexibility index (Phi) is 6.62. The van der Waals surface area contributed by atoms with E-state index in [0.29, 0.717) is 35.7 Å². The van der Waals surface area contributed by atoms with Crippen molar-refractivity contribution in [2.45, 2.75) is 43.2 Å². The summed E-state index contributed by atoms with van der Waals surface area (Å²) in [6.07, 6.45) is -1.39. The Morgan fingerprint density at radius 3 is 2.80 bits per heavy atom. The highest BCUT2D eigenvalue weighted by atomic mass is 32.2. The molecule has 0 bridgehead atoms. The first-order valence-corrected chi connectivity index (χ1v) is 12.5. The van der Waals surface area contributed by atoms with Crippen LogP contribution >= 0.6 is 11.8 Å². The second kappa shape index (κ2) is 9.55. The lowest BCUT2D eigenvalue weighted by Gasteiger charge is -2.29. The Labute approximate surface area is 204 Å². The maximum absolute atomic E-state index is 14.9. The molecule has 1 aromatic carbocycles. The fourth-order valence-corrected chi connectivity index (χ4v) is 5.98. The molecule has 0 spiro atoms. The molecule has 35 heavy (non-hydrogen) atoms. The lowest BCUT2D eigenvalue weighted by Crippen LogP contribution is -2.35. The van der Waals surface area contributed by atoms with Crippen molar-refractivity contribution >= 4 is 11.8 Å². The van der Waals surface area contributed by atoms with Crippen LogP contribution < -0.4 is 5.32 Å². The summed E-state index contributed by atoms with van der Waals surface area (Å²) >= 11 is 1.57. The highest BCUT2D eigenvalue weighted by molar-refractivity contribution is 7.99. The van der Waals surface area contributed by atoms with Crippen LogP contribution in [0, 0.1) is 18.7 Å². The molecule has 0 radical (unpaired) electrons. The second-order valence-corrected chi connectivity index (χ2v) is 10.1. The van der Waals surface area contributed by atoms with Gasteiger partial charge in [-0.2, -0.15) is 13.2 Å². The number of nitrogens with one attached hydrogen (secondary N) is 1. The first-order valence-electron chi connectivity index (χ1n) is 11.5. The molecule has 2 saturated heterocycles. The summed E-state index contributed by atoms with van der Waals surface area (Å²) in [5, 5.41) is 12.7. The number of benzene rings is 1. The summed E-state index contributed by atoms with van der Waals surface area (Å²) in [5.41, 5.74) is 0.110. The largest absolute Gasteiger partial charge is 0.440 e. The van der Waals surface area contributed by atoms with Gasteiger partial charge in [0.05, 0.1) is 17.3 Å². The number of aromatic nitrogens is 4. The van der Waals surface area contributed by atoms with Gasteiger partial charge in [-0.25, -0.2) is 9.37 Å². The van der Waals surface area contributed by atoms with Crippen molar-refractivity contribution in [1.82, 2.24) is 30.0 Å². The van der Waals surface area contributed by atoms with Gasteiger partial charge in [-0.3, -0.25) is 4.90 Å². The standard InChI is InChI=1S/C23H26F4N6OS/c1-13-20(34-12-29-13)21-30-31-22(32(21)2)35-9-3-8-33-11-14-6-7-28-18(14)19(33)16-5-4-15(10-17(16)24)23(25,26)27/h4-5,10,12,14,18-19,28H,3,6-9,11H2,1-2H3/t14-,18-,19?/m0/s1. The Hall–Kier alpha value is -2.44. The fraction of sp³-hybridized carbons (Fsp3) is 0.522. The molecule has 2 aliphatic rings. The van der Waals surface area contributed by atoms with Gasteiger partial charge < -0.3 is 14.3 Å². The van der Waals surface area contributed by atoms with E-state index in [1.807, 2.05) is 18.5 Å². The molecule has 2 aromatic heterocycles. The zero-order chi connectivity index (χ0) is 24.7. The van der Waals surface area contributed by atoms with E-state index in [1.165, 1.54) is 12.5 Å². The third kappa shape index (κ3) is 4.70. The van der Waals surface area contributed by atoms with Gasteiger partial charge in [0.2, 0.25) is 5.82 Å². The summed E-state index contributed by atoms with van der Waals surface area (Å²) in [6.45, 7) is 4.19. The molecule has 0 saturated carbocycles. The van der Waals surface area contributed by atoms with E-state index < -0.39 is 17.6 Å². The summed E-state index contributed by atoms with van der Waals surface area (Å²) in [6, 6.07) is 2.66. The number of aryl methyl sites for hydroxylation is 1. The molecule has 12 heteroatoms. The van der Waals surface area contributed by atoms with Crippen LogP contribution in [-0.4, -0.2) is 56.1 Å². The molecule has 0 amide bonds. The topological polar surface area (TPSA) is 72.0 Å². The number of alkyl halides is 3. The number of fused-ring (bicyclic) bond motifs is 1. The fourth-order valence-electron chi connectivity index (χ4n) is 5.15. The molecule has 7 nitrogen and oxygen atoms in total. The van der Waals surface area contributed by atoms with Crippen molar-refractivity contribution in [3.63, 3.8) is 0 Å². The minimum Gasteiger partial charge on any atom is -0.440 e. The molecular weight excluding hydrogens is 484 g/mol. The zero-order valence-electron chi connectivity index (χ0n) is 19.3. The third-order valence-corrected chi connectivity index (χ3v) is 7.96. The van der Waals surface area contributed by atoms with Crippen molar-refractivity contribution in [2.24, 2.45) is 13.0 Å². The van der Waals surface area contributed by atoms with Gasteiger partial charge in [0.15, 0.2) is 17.3 Å². The lowest BCUT2D eigenvalue weighted by molar-refractivity contribution is -0.137. The van der Waals surface area contributed by atoms with E-state index in [-0.39, 0.29) is 12.1 Å². The summed E-state index contributed by atoms with van der Waals surface area (Å²) in [7, 11) is 1.87. The average Bonchev–Trinajstić information content (AvgIpc) is 3.56. The lowest BCUT2D eigenvalue weighted by atomic mass is 9.94. The van der Waals surface area contributed by atoms with Gasteiger partial charge in [-0.1, -0.05) is 17.8 Å². The van der Waals surface area contributed by atoms with Crippen LogP contribution in [0.5, 0.6) is 0 Å². The molecule has 5 rings (SSSR count). The van der Waals surface area contributed by atoms with Crippen molar-refractivity contribution in [2.75, 3.05) is 25.4 Å². The number of likely N-dealkylation sites (tertiary alicyclic amines) is 1. The van der Waals surface area contributed by atoms with Crippen molar-refractivity contribution in [3.8, 4) is 11.6 Å². The third-order valence-electron chi connectivity index (χ3n) is 6.86. The van der Waals surface area contributed by atoms with Crippen LogP contribution in [0.25, 0.3) is 11.6 Å². The van der Waals surface area contributed by atoms with Gasteiger partial charge >= 0.3 is 6.18 Å². The van der Waals surface area contributed by atoms with E-state index in [2.05, 4.69) is 25.4 Å². The van der Waals surface area contributed by atoms with Crippen LogP contribution in [0.2, 0.25) is 0 Å². The van der Waals surface area contributed by atoms with E-state index in [9.17, 15) is 17.6 Å². The Bertz CT molecular complexity index is 1200. The maximum Gasteiger partial charge on any atom is 0.416 e. The number of nitrogens with zero attached hydrogens (tertiary/aromatic N) is 5. The number of rotatable bonds is 7. The molecule has 3 atom stereocenters. The van der Waals surface area contributed by atoms with Gasteiger partial charge in [0.25, 0.3) is 0 Å². The minimum absolute atomic E-state index is 0.0420. The normalized spacial score (nSPS) is 22.7. The minimum atomic E-state index is -4.56. The first kappa shape index (κ1) is 24.3. The van der Waals surface area contributed by atoms with Crippen molar-refractivity contribution in [1.29, 1.82) is 0 Å². The number of oxazole rings is 1. The van der Waals surface area contributed by atoms with E-state index in [0.717, 1.165) is 48.6 Å². The quantitative estimate of drug-likeness (QED) is 0.286. The number of hydrogen-bond donors (Lipinski definition) is 1. The first-order chi connectivity index (χ1) is 16.7. The van der Waals surface area contributed by atoms with Crippen LogP contribution in [0.1, 0.15) is 35.7 Å². The summed E-state index contributed by atoms with van der Waals surface area (Å²) in [5.74, 6) is 1.53. The molecular formula is C23H26F4N6OS. The SMILES string of the molecule is Cc1ncoc1-c1nnc(SCCCN2C[C@@H]3CCN[C@@H]3C2c2ccc(C(F)(F)F)cc2F)n1C. The average molecular weight is 511 g/mol. The monoisotopic (exact) mass is 510 g/mol. The van der Waals surface area contributed by atoms with Crippen molar-refractivity contribution in [3.05, 3.63) is 47.2 Å². The van der Waals surface area contributed by atoms with E-state index >= 15 is 0 Å². The Morgan fingerprint density at radius 2 is 2.09 bits per heavy atom. The highest BCUT2D eigenvalue weighted by Gasteiger charge is 2.45. The smallest absolute Gasteiger partial charge is 0.416 e. The predicted octanol–water partition coefficient (Wildman–Crippen LogP) is 4.45. The molecule has 4 heterocycles. The molecule has 2 fully saturated rings. The van der Waals surface area contributed by atoms with E-state index in [1.54, 1.807) is 11.8 Å². The van der Waals surface area contributed by atoms with Crippen LogP contribution in [0.3, 0.4) is 0 Å². The van der Waals surface area contributed by atoms with Gasteiger partial charge in [-0.15, -0.1) is 10.2 Å². The van der Waals surface area contributed by atoms with Crippen molar-refractivity contribution < 1.29 is 22.0 Å². The maximum atomic E-state index is 14.9. The Morgan fingerprint density at radius 1 is 1.26 bits per heavy atom. The molecule has 0 aliphatic carbocycles. The zero-order valence-corrected chi connectivity index (χ0v) is 20.2. The highest BCUT2D eigenvalue weighted by Crippen LogP contribution is 2.42. The molecule has 1 N–H and O–H groups in total. The second-order valence-electron chi connectivity index (χ2n) is 9.04. The summed E-state index contributed by atoms with van der Waals surface area (Å²) < 4.78 is 61.2. The molecule has 188 valence electrons. The van der Waals surface area contributed by atoms with Crippen LogP contribution in [-0.2, 0) is 13.2 Å². The van der Waals surface area contributed by atoms with Gasteiger partial charge in [-0.05, 0) is 50.9 Å².